The summed E-state index contributed by atoms with van der Waals surface area (Å²) in [6.07, 6.45) is 30.5. The Balaban J connectivity index is 0.00000247. The van der Waals surface area contributed by atoms with Crippen molar-refractivity contribution in [2.45, 2.75) is 52.0 Å². The van der Waals surface area contributed by atoms with Gasteiger partial charge in [-0.25, -0.2) is 4.99 Å². The second kappa shape index (κ2) is 18.1. The van der Waals surface area contributed by atoms with E-state index in [-0.39, 0.29) is 11.9 Å². The monoisotopic (exact) mass is 531 g/mol. The third kappa shape index (κ3) is 11.4. The number of allylic oxidation sites excluding steroid dienone is 8. The van der Waals surface area contributed by atoms with Gasteiger partial charge in [0.15, 0.2) is 0 Å². The van der Waals surface area contributed by atoms with Gasteiger partial charge in [-0.2, -0.15) is 0 Å². The van der Waals surface area contributed by atoms with Crippen LogP contribution >= 0.6 is 11.8 Å². The average Bonchev–Trinajstić information content (AvgIpc) is 3.22. The fourth-order valence-corrected chi connectivity index (χ4v) is 4.59. The number of hydrogen-bond acceptors (Lipinski definition) is 5. The van der Waals surface area contributed by atoms with E-state index in [2.05, 4.69) is 52.3 Å². The molecule has 202 valence electrons. The number of ether oxygens (including phenoxy) is 1. The molecule has 0 spiro atoms. The second-order valence-corrected chi connectivity index (χ2v) is 9.71. The van der Waals surface area contributed by atoms with Crippen LogP contribution in [0.15, 0.2) is 89.1 Å². The van der Waals surface area contributed by atoms with Gasteiger partial charge >= 0.3 is 0 Å². The Kier molecular flexibility index (Phi) is 14.7. The van der Waals surface area contributed by atoms with Crippen molar-refractivity contribution < 1.29 is 9.53 Å². The summed E-state index contributed by atoms with van der Waals surface area (Å²) in [4.78, 5) is 19.5. The first-order valence-corrected chi connectivity index (χ1v) is 14.4. The van der Waals surface area contributed by atoms with Crippen LogP contribution in [0, 0.1) is 12.8 Å². The quantitative estimate of drug-likeness (QED) is 0.172. The van der Waals surface area contributed by atoms with Crippen LogP contribution in [-0.4, -0.2) is 48.0 Å². The minimum absolute atomic E-state index is 0.131. The number of thioether (sulfide) groups is 1. The lowest BCUT2D eigenvalue weighted by Gasteiger charge is -2.32. The Bertz CT molecular complexity index is 1070. The average molecular weight is 532 g/mol. The summed E-state index contributed by atoms with van der Waals surface area (Å²) in [6, 6.07) is 8.58. The number of terminal acetylenes is 1. The first-order valence-electron chi connectivity index (χ1n) is 13.2. The summed E-state index contributed by atoms with van der Waals surface area (Å²) in [7, 11) is 0. The Morgan fingerprint density at radius 2 is 1.92 bits per heavy atom. The van der Waals surface area contributed by atoms with Gasteiger partial charge in [-0.15, -0.1) is 12.8 Å². The van der Waals surface area contributed by atoms with Crippen LogP contribution in [0.4, 0.5) is 0 Å². The van der Waals surface area contributed by atoms with Crippen LogP contribution in [-0.2, 0) is 11.2 Å². The molecular weight excluding hydrogens is 490 g/mol. The molecule has 2 aliphatic rings. The number of piperidine rings is 1. The Morgan fingerprint density at radius 1 is 1.18 bits per heavy atom. The van der Waals surface area contributed by atoms with Gasteiger partial charge in [-0.05, 0) is 75.1 Å². The van der Waals surface area contributed by atoms with Crippen molar-refractivity contribution in [3.05, 3.63) is 89.7 Å². The number of likely N-dealkylation sites (tertiary alicyclic amines) is 1. The normalized spacial score (nSPS) is 16.9. The number of rotatable bonds is 9. The first-order chi connectivity index (χ1) is 18.6. The van der Waals surface area contributed by atoms with Crippen LogP contribution in [0.3, 0.4) is 0 Å². The zero-order valence-electron chi connectivity index (χ0n) is 22.9. The van der Waals surface area contributed by atoms with Gasteiger partial charge in [0.2, 0.25) is 5.91 Å². The highest BCUT2D eigenvalue weighted by atomic mass is 32.2. The predicted molar refractivity (Wildman–Crippen MR) is 163 cm³/mol. The number of hydrogen-bond donors (Lipinski definition) is 1. The van der Waals surface area contributed by atoms with Crippen molar-refractivity contribution in [2.24, 2.45) is 4.99 Å². The first kappa shape index (κ1) is 31.0. The standard InChI is InChI=1S/C30H39N3O2S.C2H2/c1-4-10-26(5-2)32-30(36-3)35-28-15-13-24(14-16-28)17-20-33-21-18-27(19-22-33)31-29(34)23-25-11-8-6-7-9-12-25;1-2/h4-8,10-16,27H,9,17-23H2,1-3H3,(H,31,34);1-2H/b10-4-,26-5+,32-30?;. The molecule has 0 atom stereocenters. The molecule has 3 rings (SSSR count). The minimum Gasteiger partial charge on any atom is -0.434 e. The number of benzene rings is 1. The summed E-state index contributed by atoms with van der Waals surface area (Å²) in [5.41, 5.74) is 3.27. The van der Waals surface area contributed by atoms with Crippen molar-refractivity contribution in [3.8, 4) is 18.6 Å². The van der Waals surface area contributed by atoms with E-state index in [0.717, 1.165) is 62.3 Å². The van der Waals surface area contributed by atoms with E-state index in [0.29, 0.717) is 11.7 Å². The molecule has 1 aromatic carbocycles. The summed E-state index contributed by atoms with van der Waals surface area (Å²) in [6.45, 7) is 7.01. The van der Waals surface area contributed by atoms with E-state index in [1.54, 1.807) is 0 Å². The molecule has 38 heavy (non-hydrogen) atoms. The van der Waals surface area contributed by atoms with E-state index >= 15 is 0 Å². The van der Waals surface area contributed by atoms with Crippen LogP contribution in [0.2, 0.25) is 0 Å². The number of amides is 1. The molecular formula is C32H41N3O2S. The Labute approximate surface area is 233 Å². The molecule has 1 fully saturated rings. The summed E-state index contributed by atoms with van der Waals surface area (Å²) < 4.78 is 5.97. The number of aliphatic imine (C=N–C) groups is 1. The van der Waals surface area contributed by atoms with Crippen molar-refractivity contribution in [3.63, 3.8) is 0 Å². The van der Waals surface area contributed by atoms with E-state index in [1.807, 2.05) is 68.7 Å². The number of nitrogens with zero attached hydrogens (tertiary/aromatic N) is 2. The third-order valence-corrected chi connectivity index (χ3v) is 6.79. The van der Waals surface area contributed by atoms with Crippen LogP contribution < -0.4 is 10.1 Å². The molecule has 0 aromatic heterocycles. The fourth-order valence-electron chi connectivity index (χ4n) is 4.22. The molecule has 5 nitrogen and oxygen atoms in total. The molecule has 1 aliphatic heterocycles. The van der Waals surface area contributed by atoms with Crippen molar-refractivity contribution in [1.29, 1.82) is 0 Å². The van der Waals surface area contributed by atoms with E-state index in [1.165, 1.54) is 17.3 Å². The number of carbonyl (C=O) groups is 1. The predicted octanol–water partition coefficient (Wildman–Crippen LogP) is 6.47. The highest BCUT2D eigenvalue weighted by Gasteiger charge is 2.20. The maximum Gasteiger partial charge on any atom is 0.256 e. The molecule has 1 saturated heterocycles. The van der Waals surface area contributed by atoms with Crippen LogP contribution in [0.5, 0.6) is 5.75 Å². The maximum atomic E-state index is 12.5. The van der Waals surface area contributed by atoms with E-state index < -0.39 is 0 Å². The number of carbonyl (C=O) groups excluding carboxylic acids is 1. The molecule has 0 unspecified atom stereocenters. The molecule has 1 N–H and O–H groups in total. The smallest absolute Gasteiger partial charge is 0.256 e. The lowest BCUT2D eigenvalue weighted by atomic mass is 10.0. The molecule has 0 bridgehead atoms. The van der Waals surface area contributed by atoms with Crippen molar-refractivity contribution >= 4 is 22.9 Å². The fraction of sp³-hybridized carbons (Fsp3) is 0.375. The summed E-state index contributed by atoms with van der Waals surface area (Å²) in [5, 5.41) is 3.86. The van der Waals surface area contributed by atoms with Crippen LogP contribution in [0.25, 0.3) is 0 Å². The van der Waals surface area contributed by atoms with Crippen molar-refractivity contribution in [1.82, 2.24) is 10.2 Å². The third-order valence-electron chi connectivity index (χ3n) is 6.26. The lowest BCUT2D eigenvalue weighted by Crippen LogP contribution is -2.45. The van der Waals surface area contributed by atoms with E-state index in [4.69, 9.17) is 4.74 Å². The SMILES string of the molecule is C#C.C/C=C\C(=C/C)N=C(Oc1ccc(CCN2CCC(NC(=O)CC3=CCC=CC=C3)CC2)cc1)SC. The molecule has 0 radical (unpaired) electrons. The molecule has 1 heterocycles. The van der Waals surface area contributed by atoms with Gasteiger partial charge in [0.1, 0.15) is 5.75 Å². The minimum atomic E-state index is 0.131. The van der Waals surface area contributed by atoms with Gasteiger partial charge in [-0.3, -0.25) is 4.79 Å². The van der Waals surface area contributed by atoms with Gasteiger partial charge in [0, 0.05) is 25.7 Å². The summed E-state index contributed by atoms with van der Waals surface area (Å²) in [5.74, 6) is 0.928. The lowest BCUT2D eigenvalue weighted by molar-refractivity contribution is -0.121. The summed E-state index contributed by atoms with van der Waals surface area (Å²) >= 11 is 1.49. The van der Waals surface area contributed by atoms with Gasteiger partial charge in [0.25, 0.3) is 5.23 Å². The largest absolute Gasteiger partial charge is 0.434 e. The highest BCUT2D eigenvalue weighted by molar-refractivity contribution is 8.13. The van der Waals surface area contributed by atoms with Gasteiger partial charge in [-0.1, -0.05) is 66.4 Å². The molecule has 1 amide bonds. The molecule has 0 saturated carbocycles. The van der Waals surface area contributed by atoms with E-state index in [9.17, 15) is 4.79 Å². The highest BCUT2D eigenvalue weighted by Crippen LogP contribution is 2.18. The van der Waals surface area contributed by atoms with Gasteiger partial charge in [0.05, 0.1) is 12.1 Å². The number of nitrogens with one attached hydrogen (secondary N) is 1. The Hall–Kier alpha value is -3.27. The van der Waals surface area contributed by atoms with Crippen molar-refractivity contribution in [2.75, 3.05) is 25.9 Å². The zero-order valence-corrected chi connectivity index (χ0v) is 23.8. The van der Waals surface area contributed by atoms with Crippen LogP contribution in [0.1, 0.15) is 45.1 Å². The Morgan fingerprint density at radius 3 is 2.58 bits per heavy atom. The molecule has 6 heteroatoms. The topological polar surface area (TPSA) is 53.9 Å². The maximum absolute atomic E-state index is 12.5. The second-order valence-electron chi connectivity index (χ2n) is 8.95. The zero-order chi connectivity index (χ0) is 27.6. The molecule has 1 aliphatic carbocycles. The van der Waals surface area contributed by atoms with Gasteiger partial charge < -0.3 is 15.0 Å². The molecule has 1 aromatic rings.